The Morgan fingerprint density at radius 1 is 1.00 bits per heavy atom. The van der Waals surface area contributed by atoms with E-state index in [1.165, 1.54) is 0 Å². The molecule has 108 valence electrons. The van der Waals surface area contributed by atoms with Crippen LogP contribution in [0.5, 0.6) is 0 Å². The van der Waals surface area contributed by atoms with Gasteiger partial charge in [0.2, 0.25) is 6.10 Å². The van der Waals surface area contributed by atoms with E-state index < -0.39 is 25.1 Å². The summed E-state index contributed by atoms with van der Waals surface area (Å²) in [5.74, 6) is 0.133. The third-order valence-electron chi connectivity index (χ3n) is 2.86. The number of hydrogen-bond acceptors (Lipinski definition) is 2. The number of ether oxygens (including phenoxy) is 1. The molecular weight excluding hydrogens is 264 g/mol. The van der Waals surface area contributed by atoms with Crippen LogP contribution < -0.4 is 5.32 Å². The highest BCUT2D eigenvalue weighted by Gasteiger charge is 2.57. The molecule has 8 heteroatoms. The van der Waals surface area contributed by atoms with Crippen molar-refractivity contribution in [3.63, 3.8) is 0 Å². The molecule has 1 aliphatic rings. The van der Waals surface area contributed by atoms with Crippen molar-refractivity contribution in [2.24, 2.45) is 5.92 Å². The lowest BCUT2D eigenvalue weighted by atomic mass is 9.95. The second kappa shape index (κ2) is 6.10. The molecule has 0 unspecified atom stereocenters. The first-order valence-electron chi connectivity index (χ1n) is 5.67. The Labute approximate surface area is 101 Å². The van der Waals surface area contributed by atoms with E-state index in [0.717, 1.165) is 25.9 Å². The summed E-state index contributed by atoms with van der Waals surface area (Å²) in [6.45, 7) is 0.966. The SMILES string of the molecule is FC(F)(F)C(OCCC1CCNCC1)C(F)(F)F. The lowest BCUT2D eigenvalue weighted by Crippen LogP contribution is -2.44. The second-order valence-electron chi connectivity index (χ2n) is 4.32. The van der Waals surface area contributed by atoms with Crippen LogP contribution in [-0.4, -0.2) is 38.2 Å². The topological polar surface area (TPSA) is 21.3 Å². The Bertz CT molecular complexity index is 232. The van der Waals surface area contributed by atoms with Crippen LogP contribution in [0.25, 0.3) is 0 Å². The summed E-state index contributed by atoms with van der Waals surface area (Å²) >= 11 is 0. The van der Waals surface area contributed by atoms with Gasteiger partial charge < -0.3 is 10.1 Å². The molecule has 1 fully saturated rings. The Kier molecular flexibility index (Phi) is 5.27. The third-order valence-corrected chi connectivity index (χ3v) is 2.86. The summed E-state index contributed by atoms with van der Waals surface area (Å²) < 4.78 is 76.8. The number of hydrogen-bond donors (Lipinski definition) is 1. The summed E-state index contributed by atoms with van der Waals surface area (Å²) in [6.07, 6.45) is -12.8. The van der Waals surface area contributed by atoms with E-state index in [9.17, 15) is 26.3 Å². The normalized spacial score (nSPS) is 19.5. The van der Waals surface area contributed by atoms with Gasteiger partial charge in [-0.15, -0.1) is 0 Å². The van der Waals surface area contributed by atoms with Crippen molar-refractivity contribution in [3.05, 3.63) is 0 Å². The van der Waals surface area contributed by atoms with Crippen molar-refractivity contribution in [2.45, 2.75) is 37.7 Å². The quantitative estimate of drug-likeness (QED) is 0.799. The summed E-state index contributed by atoms with van der Waals surface area (Å²) in [5.41, 5.74) is 0. The minimum atomic E-state index is -5.41. The summed E-state index contributed by atoms with van der Waals surface area (Å²) in [7, 11) is 0. The number of halogens is 6. The van der Waals surface area contributed by atoms with Gasteiger partial charge >= 0.3 is 12.4 Å². The van der Waals surface area contributed by atoms with Crippen molar-refractivity contribution in [1.82, 2.24) is 5.32 Å². The van der Waals surface area contributed by atoms with Crippen LogP contribution in [0.2, 0.25) is 0 Å². The average molecular weight is 279 g/mol. The van der Waals surface area contributed by atoms with E-state index in [4.69, 9.17) is 0 Å². The molecule has 1 heterocycles. The predicted octanol–water partition coefficient (Wildman–Crippen LogP) is 2.89. The third kappa shape index (κ3) is 5.01. The largest absolute Gasteiger partial charge is 0.423 e. The smallest absolute Gasteiger partial charge is 0.361 e. The highest BCUT2D eigenvalue weighted by atomic mass is 19.4. The zero-order chi connectivity index (χ0) is 13.8. The monoisotopic (exact) mass is 279 g/mol. The van der Waals surface area contributed by atoms with Crippen molar-refractivity contribution >= 4 is 0 Å². The van der Waals surface area contributed by atoms with E-state index in [2.05, 4.69) is 10.1 Å². The van der Waals surface area contributed by atoms with Gasteiger partial charge in [-0.3, -0.25) is 0 Å². The molecule has 1 aliphatic heterocycles. The molecule has 0 aromatic rings. The molecule has 1 N–H and O–H groups in total. The molecule has 0 aromatic heterocycles. The summed E-state index contributed by atoms with van der Waals surface area (Å²) in [6, 6.07) is 0. The van der Waals surface area contributed by atoms with Gasteiger partial charge in [-0.2, -0.15) is 26.3 Å². The summed E-state index contributed by atoms with van der Waals surface area (Å²) in [4.78, 5) is 0. The first kappa shape index (κ1) is 15.6. The zero-order valence-electron chi connectivity index (χ0n) is 9.57. The molecule has 1 rings (SSSR count). The minimum absolute atomic E-state index is 0.133. The van der Waals surface area contributed by atoms with Gasteiger partial charge in [0.1, 0.15) is 0 Å². The van der Waals surface area contributed by atoms with E-state index >= 15 is 0 Å². The Morgan fingerprint density at radius 3 is 1.94 bits per heavy atom. The molecular formula is C10H15F6NO. The second-order valence-corrected chi connectivity index (χ2v) is 4.32. The maximum absolute atomic E-state index is 12.1. The molecule has 0 saturated carbocycles. The van der Waals surface area contributed by atoms with Gasteiger partial charge in [0.05, 0.1) is 0 Å². The number of nitrogens with one attached hydrogen (secondary N) is 1. The molecule has 18 heavy (non-hydrogen) atoms. The van der Waals surface area contributed by atoms with Gasteiger partial charge in [0.25, 0.3) is 0 Å². The van der Waals surface area contributed by atoms with E-state index in [0.29, 0.717) is 0 Å². The van der Waals surface area contributed by atoms with Gasteiger partial charge in [-0.05, 0) is 38.3 Å². The van der Waals surface area contributed by atoms with Crippen LogP contribution in [0, 0.1) is 5.92 Å². The fourth-order valence-corrected chi connectivity index (χ4v) is 1.90. The molecule has 0 bridgehead atoms. The van der Waals surface area contributed by atoms with E-state index in [1.54, 1.807) is 0 Å². The first-order valence-corrected chi connectivity index (χ1v) is 5.67. The molecule has 0 aliphatic carbocycles. The molecule has 0 radical (unpaired) electrons. The van der Waals surface area contributed by atoms with E-state index in [-0.39, 0.29) is 12.3 Å². The maximum Gasteiger partial charge on any atom is 0.423 e. The minimum Gasteiger partial charge on any atom is -0.361 e. The van der Waals surface area contributed by atoms with Crippen molar-refractivity contribution in [3.8, 4) is 0 Å². The van der Waals surface area contributed by atoms with Gasteiger partial charge in [-0.1, -0.05) is 0 Å². The standard InChI is InChI=1S/C10H15F6NO/c11-9(12,13)8(10(14,15)16)18-6-3-7-1-4-17-5-2-7/h7-8,17H,1-6H2. The molecule has 0 spiro atoms. The van der Waals surface area contributed by atoms with Crippen LogP contribution in [0.15, 0.2) is 0 Å². The Hall–Kier alpha value is -0.500. The van der Waals surface area contributed by atoms with Crippen molar-refractivity contribution < 1.29 is 31.1 Å². The van der Waals surface area contributed by atoms with Crippen LogP contribution in [0.4, 0.5) is 26.3 Å². The molecule has 1 saturated heterocycles. The van der Waals surface area contributed by atoms with Crippen molar-refractivity contribution in [2.75, 3.05) is 19.7 Å². The summed E-state index contributed by atoms with van der Waals surface area (Å²) in [5, 5.41) is 3.06. The van der Waals surface area contributed by atoms with E-state index in [1.807, 2.05) is 0 Å². The highest BCUT2D eigenvalue weighted by Crippen LogP contribution is 2.35. The van der Waals surface area contributed by atoms with Crippen LogP contribution in [0.1, 0.15) is 19.3 Å². The molecule has 0 aromatic carbocycles. The first-order chi connectivity index (χ1) is 8.21. The fraction of sp³-hybridized carbons (Fsp3) is 1.00. The fourth-order valence-electron chi connectivity index (χ4n) is 1.90. The van der Waals surface area contributed by atoms with Gasteiger partial charge in [-0.25, -0.2) is 0 Å². The van der Waals surface area contributed by atoms with Gasteiger partial charge in [0, 0.05) is 6.61 Å². The lowest BCUT2D eigenvalue weighted by molar-refractivity contribution is -0.322. The van der Waals surface area contributed by atoms with Gasteiger partial charge in [0.15, 0.2) is 0 Å². The van der Waals surface area contributed by atoms with Crippen molar-refractivity contribution in [1.29, 1.82) is 0 Å². The molecule has 0 amide bonds. The number of alkyl halides is 6. The average Bonchev–Trinajstić information content (AvgIpc) is 2.22. The predicted molar refractivity (Wildman–Crippen MR) is 52.1 cm³/mol. The molecule has 0 atom stereocenters. The number of rotatable bonds is 4. The van der Waals surface area contributed by atoms with Crippen LogP contribution in [0.3, 0.4) is 0 Å². The lowest BCUT2D eigenvalue weighted by Gasteiger charge is -2.26. The van der Waals surface area contributed by atoms with Crippen LogP contribution >= 0.6 is 0 Å². The maximum atomic E-state index is 12.1. The molecule has 2 nitrogen and oxygen atoms in total. The zero-order valence-corrected chi connectivity index (χ0v) is 9.57. The van der Waals surface area contributed by atoms with Crippen LogP contribution in [-0.2, 0) is 4.74 Å². The highest BCUT2D eigenvalue weighted by molar-refractivity contribution is 4.76. The number of piperidine rings is 1. The Balaban J connectivity index is 2.38. The Morgan fingerprint density at radius 2 is 1.50 bits per heavy atom.